The monoisotopic (exact) mass is 482 g/mol. The zero-order chi connectivity index (χ0) is 24.9. The number of carbonyl (C=O) groups excluding carboxylic acids is 1. The Hall–Kier alpha value is -0.683. The van der Waals surface area contributed by atoms with Gasteiger partial charge >= 0.3 is 5.97 Å². The summed E-state index contributed by atoms with van der Waals surface area (Å²) >= 11 is 0. The topological polar surface area (TPSA) is 35.5 Å². The molecule has 0 aliphatic heterocycles. The Labute approximate surface area is 204 Å². The maximum Gasteiger partial charge on any atom is 0.330 e. The highest BCUT2D eigenvalue weighted by Gasteiger charge is 2.51. The summed E-state index contributed by atoms with van der Waals surface area (Å²) < 4.78 is 27.3. The van der Waals surface area contributed by atoms with E-state index < -0.39 is 20.1 Å². The Bertz CT molecular complexity index is 664. The molecule has 33 heavy (non-hydrogen) atoms. The van der Waals surface area contributed by atoms with E-state index in [1.54, 1.807) is 6.08 Å². The summed E-state index contributed by atoms with van der Waals surface area (Å²) in [7, 11) is -1.84. The average molecular weight is 483 g/mol. The average Bonchev–Trinajstić information content (AvgIpc) is 3.13. The van der Waals surface area contributed by atoms with Crippen LogP contribution in [-0.2, 0) is 14.0 Å². The molecule has 2 aliphatic rings. The summed E-state index contributed by atoms with van der Waals surface area (Å²) in [5.74, 6) is 1.33. The third-order valence-corrected chi connectivity index (χ3v) is 14.2. The molecule has 0 N–H and O–H groups in total. The van der Waals surface area contributed by atoms with Crippen LogP contribution in [0.15, 0.2) is 11.6 Å². The first-order valence-electron chi connectivity index (χ1n) is 13.7. The van der Waals surface area contributed by atoms with Gasteiger partial charge < -0.3 is 9.16 Å². The van der Waals surface area contributed by atoms with Gasteiger partial charge in [0.15, 0.2) is 8.32 Å². The van der Waals surface area contributed by atoms with Crippen molar-refractivity contribution < 1.29 is 18.3 Å². The van der Waals surface area contributed by atoms with E-state index in [0.717, 1.165) is 43.8 Å². The highest BCUT2D eigenvalue weighted by molar-refractivity contribution is 6.73. The molecule has 2 rings (SSSR count). The molecule has 0 saturated heterocycles. The summed E-state index contributed by atoms with van der Waals surface area (Å²) in [5, 5.41) is 0. The Kier molecular flexibility index (Phi) is 10.2. The molecule has 0 aromatic heterocycles. The maximum absolute atomic E-state index is 15.5. The summed E-state index contributed by atoms with van der Waals surface area (Å²) in [6.45, 7) is 17.6. The number of hydrogen-bond donors (Lipinski definition) is 0. The van der Waals surface area contributed by atoms with Crippen LogP contribution >= 0.6 is 0 Å². The molecule has 2 saturated carbocycles. The molecule has 192 valence electrons. The Morgan fingerprint density at radius 1 is 1.18 bits per heavy atom. The van der Waals surface area contributed by atoms with Crippen molar-refractivity contribution in [3.05, 3.63) is 11.6 Å². The van der Waals surface area contributed by atoms with E-state index in [1.807, 2.05) is 20.8 Å². The van der Waals surface area contributed by atoms with Crippen molar-refractivity contribution in [1.29, 1.82) is 0 Å². The molecule has 0 aromatic rings. The van der Waals surface area contributed by atoms with E-state index in [1.165, 1.54) is 18.4 Å². The van der Waals surface area contributed by atoms with Gasteiger partial charge in [-0.1, -0.05) is 40.2 Å². The minimum Gasteiger partial charge on any atom is -0.463 e. The maximum atomic E-state index is 15.5. The van der Waals surface area contributed by atoms with Crippen molar-refractivity contribution in [1.82, 2.24) is 0 Å². The molecule has 3 nitrogen and oxygen atoms in total. The van der Waals surface area contributed by atoms with Gasteiger partial charge in [-0.25, -0.2) is 9.18 Å². The standard InChI is InChI=1S/C28H51FO3Si/c1-9-31-26(30)20-22-14-13-19-28(8)23(16-17-24(22)28)21(5)15-18-25(29)27(6,7)32-33(10-2,11-3)12-4/h20-21,23-25H,9-19H2,1-8H3/t21-,23-,24+,25+,28-/m1/s1. The van der Waals surface area contributed by atoms with Crippen LogP contribution < -0.4 is 0 Å². The third-order valence-electron chi connectivity index (χ3n) is 9.36. The van der Waals surface area contributed by atoms with E-state index in [9.17, 15) is 4.79 Å². The van der Waals surface area contributed by atoms with E-state index >= 15 is 4.39 Å². The van der Waals surface area contributed by atoms with Gasteiger partial charge in [-0.3, -0.25) is 0 Å². The largest absolute Gasteiger partial charge is 0.463 e. The first-order chi connectivity index (χ1) is 15.5. The number of rotatable bonds is 12. The summed E-state index contributed by atoms with van der Waals surface area (Å²) in [6.07, 6.45) is 7.97. The van der Waals surface area contributed by atoms with Gasteiger partial charge in [0, 0.05) is 6.08 Å². The Morgan fingerprint density at radius 3 is 2.39 bits per heavy atom. The smallest absolute Gasteiger partial charge is 0.330 e. The predicted molar refractivity (Wildman–Crippen MR) is 139 cm³/mol. The third kappa shape index (κ3) is 6.51. The quantitative estimate of drug-likeness (QED) is 0.160. The van der Waals surface area contributed by atoms with Gasteiger partial charge in [-0.2, -0.15) is 0 Å². The number of ether oxygens (including phenoxy) is 1. The molecule has 0 bridgehead atoms. The molecule has 0 heterocycles. The highest BCUT2D eigenvalue weighted by atomic mass is 28.4. The van der Waals surface area contributed by atoms with Crippen molar-refractivity contribution in [3.63, 3.8) is 0 Å². The van der Waals surface area contributed by atoms with Crippen molar-refractivity contribution in [2.45, 2.75) is 130 Å². The molecule has 0 radical (unpaired) electrons. The second-order valence-corrected chi connectivity index (χ2v) is 16.2. The molecule has 5 atom stereocenters. The van der Waals surface area contributed by atoms with Gasteiger partial charge in [-0.05, 0) is 107 Å². The van der Waals surface area contributed by atoms with Crippen LogP contribution in [0.5, 0.6) is 0 Å². The number of fused-ring (bicyclic) bond motifs is 1. The fraction of sp³-hybridized carbons (Fsp3) is 0.893. The van der Waals surface area contributed by atoms with Crippen LogP contribution in [0.4, 0.5) is 4.39 Å². The van der Waals surface area contributed by atoms with E-state index in [-0.39, 0.29) is 11.4 Å². The molecular weight excluding hydrogens is 431 g/mol. The van der Waals surface area contributed by atoms with Crippen LogP contribution in [0.1, 0.15) is 100 Å². The van der Waals surface area contributed by atoms with Gasteiger partial charge in [0.1, 0.15) is 6.17 Å². The van der Waals surface area contributed by atoms with Crippen LogP contribution in [-0.4, -0.2) is 32.7 Å². The van der Waals surface area contributed by atoms with Crippen molar-refractivity contribution >= 4 is 14.3 Å². The lowest BCUT2D eigenvalue weighted by Gasteiger charge is -2.45. The normalized spacial score (nSPS) is 29.1. The Morgan fingerprint density at radius 2 is 1.82 bits per heavy atom. The fourth-order valence-electron chi connectivity index (χ4n) is 7.07. The zero-order valence-corrected chi connectivity index (χ0v) is 23.8. The van der Waals surface area contributed by atoms with Crippen molar-refractivity contribution in [2.75, 3.05) is 6.61 Å². The van der Waals surface area contributed by atoms with Crippen molar-refractivity contribution in [3.8, 4) is 0 Å². The first-order valence-corrected chi connectivity index (χ1v) is 16.2. The zero-order valence-electron chi connectivity index (χ0n) is 22.8. The van der Waals surface area contributed by atoms with Crippen molar-refractivity contribution in [2.24, 2.45) is 23.2 Å². The summed E-state index contributed by atoms with van der Waals surface area (Å²) in [6, 6.07) is 3.15. The van der Waals surface area contributed by atoms with Crippen LogP contribution in [0.2, 0.25) is 18.1 Å². The van der Waals surface area contributed by atoms with E-state index in [2.05, 4.69) is 34.6 Å². The first kappa shape index (κ1) is 28.6. The molecule has 2 fully saturated rings. The molecule has 0 aromatic carbocycles. The van der Waals surface area contributed by atoms with Gasteiger partial charge in [0.2, 0.25) is 0 Å². The van der Waals surface area contributed by atoms with E-state index in [0.29, 0.717) is 30.8 Å². The minimum atomic E-state index is -1.84. The Balaban J connectivity index is 2.03. The highest BCUT2D eigenvalue weighted by Crippen LogP contribution is 2.60. The van der Waals surface area contributed by atoms with Gasteiger partial charge in [0.05, 0.1) is 12.2 Å². The SMILES string of the molecule is CCOC(=O)C=C1CCC[C@]2(C)[C@@H]([C@H](C)CC[C@H](F)C(C)(C)O[Si](CC)(CC)CC)CC[C@@H]12. The predicted octanol–water partition coefficient (Wildman–Crippen LogP) is 8.25. The minimum absolute atomic E-state index is 0.193. The lowest BCUT2D eigenvalue weighted by Crippen LogP contribution is -2.49. The number of carbonyl (C=O) groups is 1. The number of esters is 1. The lowest BCUT2D eigenvalue weighted by molar-refractivity contribution is -0.137. The second kappa shape index (κ2) is 11.8. The molecular formula is C28H51FO3Si. The summed E-state index contributed by atoms with van der Waals surface area (Å²) in [5.41, 5.74) is 0.786. The van der Waals surface area contributed by atoms with Crippen LogP contribution in [0.25, 0.3) is 0 Å². The molecule has 0 unspecified atom stereocenters. The molecule has 5 heteroatoms. The second-order valence-electron chi connectivity index (χ2n) is 11.5. The molecule has 0 spiro atoms. The van der Waals surface area contributed by atoms with Crippen LogP contribution in [0.3, 0.4) is 0 Å². The summed E-state index contributed by atoms with van der Waals surface area (Å²) in [4.78, 5) is 12.1. The lowest BCUT2D eigenvalue weighted by atomic mass is 9.60. The number of halogens is 1. The molecule has 2 aliphatic carbocycles. The number of allylic oxidation sites excluding steroid dienone is 1. The number of hydrogen-bond acceptors (Lipinski definition) is 3. The van der Waals surface area contributed by atoms with E-state index in [4.69, 9.17) is 9.16 Å². The molecule has 0 amide bonds. The van der Waals surface area contributed by atoms with Crippen LogP contribution in [0, 0.1) is 23.2 Å². The fourth-order valence-corrected chi connectivity index (χ4v) is 10.2. The van der Waals surface area contributed by atoms with Gasteiger partial charge in [-0.15, -0.1) is 0 Å². The number of alkyl halides is 1. The van der Waals surface area contributed by atoms with Gasteiger partial charge in [0.25, 0.3) is 0 Å².